The van der Waals surface area contributed by atoms with Crippen LogP contribution >= 0.6 is 0 Å². The lowest BCUT2D eigenvalue weighted by molar-refractivity contribution is 0.116. The number of nitrogens with zero attached hydrogens (tertiary/aromatic N) is 1. The van der Waals surface area contributed by atoms with Gasteiger partial charge >= 0.3 is 0 Å². The van der Waals surface area contributed by atoms with Crippen molar-refractivity contribution in [2.45, 2.75) is 25.0 Å². The Morgan fingerprint density at radius 3 is 2.26 bits per heavy atom. The van der Waals surface area contributed by atoms with Gasteiger partial charge in [0.05, 0.1) is 19.3 Å². The maximum atomic E-state index is 10.5. The third-order valence-corrected chi connectivity index (χ3v) is 5.86. The summed E-state index contributed by atoms with van der Waals surface area (Å²) in [5.41, 5.74) is 0.849. The number of β-amino-alcohol motifs (C(OH)–C–C–N with tert-alkyl or cyclic N) is 1. The predicted molar refractivity (Wildman–Crippen MR) is 103 cm³/mol. The van der Waals surface area contributed by atoms with Crippen LogP contribution in [0.4, 0.5) is 0 Å². The zero-order valence-corrected chi connectivity index (χ0v) is 15.6. The highest BCUT2D eigenvalue weighted by Gasteiger charge is 2.42. The predicted octanol–water partition coefficient (Wildman–Crippen LogP) is 3.22. The molecule has 27 heavy (non-hydrogen) atoms. The molecule has 5 heteroatoms. The molecule has 4 rings (SSSR count). The van der Waals surface area contributed by atoms with Gasteiger partial charge in [0.1, 0.15) is 5.75 Å². The molecule has 1 aliphatic carbocycles. The number of ether oxygens (including phenoxy) is 2. The Kier molecular flexibility index (Phi) is 5.23. The normalized spacial score (nSPS) is 25.9. The number of likely N-dealkylation sites (tertiary alicyclic amines) is 1. The van der Waals surface area contributed by atoms with Gasteiger partial charge in [-0.15, -0.1) is 0 Å². The van der Waals surface area contributed by atoms with Crippen LogP contribution in [0.5, 0.6) is 17.2 Å². The summed E-state index contributed by atoms with van der Waals surface area (Å²) in [4.78, 5) is 2.35. The number of benzene rings is 2. The average molecular weight is 369 g/mol. The lowest BCUT2D eigenvalue weighted by Gasteiger charge is -2.23. The van der Waals surface area contributed by atoms with Crippen LogP contribution in [0.3, 0.4) is 0 Å². The molecule has 2 aliphatic rings. The van der Waals surface area contributed by atoms with E-state index in [2.05, 4.69) is 4.90 Å². The molecule has 2 unspecified atom stereocenters. The highest BCUT2D eigenvalue weighted by Crippen LogP contribution is 2.41. The summed E-state index contributed by atoms with van der Waals surface area (Å²) in [7, 11) is 1.67. The summed E-state index contributed by atoms with van der Waals surface area (Å²) in [6.07, 6.45) is 1.81. The second-order valence-electron chi connectivity index (χ2n) is 7.71. The molecule has 5 nitrogen and oxygen atoms in total. The lowest BCUT2D eigenvalue weighted by Crippen LogP contribution is -2.28. The molecule has 0 amide bonds. The fourth-order valence-electron chi connectivity index (χ4n) is 4.53. The first-order valence-electron chi connectivity index (χ1n) is 9.61. The number of para-hydroxylation sites is 2. The van der Waals surface area contributed by atoms with Crippen LogP contribution < -0.4 is 9.47 Å². The second-order valence-corrected chi connectivity index (χ2v) is 7.71. The Morgan fingerprint density at radius 2 is 1.63 bits per heavy atom. The number of hydrogen-bond acceptors (Lipinski definition) is 5. The van der Waals surface area contributed by atoms with Crippen molar-refractivity contribution in [2.75, 3.05) is 26.7 Å². The monoisotopic (exact) mass is 369 g/mol. The smallest absolute Gasteiger partial charge is 0.161 e. The Morgan fingerprint density at radius 1 is 1.00 bits per heavy atom. The molecule has 4 atom stereocenters. The van der Waals surface area contributed by atoms with Crippen LogP contribution in [0.15, 0.2) is 48.5 Å². The van der Waals surface area contributed by atoms with E-state index < -0.39 is 6.10 Å². The number of rotatable bonds is 6. The summed E-state index contributed by atoms with van der Waals surface area (Å²) in [5.74, 6) is 3.08. The number of aromatic hydroxyl groups is 1. The van der Waals surface area contributed by atoms with Crippen molar-refractivity contribution in [3.63, 3.8) is 0 Å². The van der Waals surface area contributed by atoms with Crippen molar-refractivity contribution in [1.82, 2.24) is 4.90 Å². The molecule has 2 aromatic carbocycles. The molecule has 2 aromatic rings. The molecule has 0 spiro atoms. The van der Waals surface area contributed by atoms with Crippen LogP contribution in [0, 0.1) is 11.8 Å². The van der Waals surface area contributed by atoms with Crippen molar-refractivity contribution >= 4 is 0 Å². The van der Waals surface area contributed by atoms with E-state index in [9.17, 15) is 10.2 Å². The summed E-state index contributed by atoms with van der Waals surface area (Å²) in [6, 6.07) is 14.6. The van der Waals surface area contributed by atoms with Gasteiger partial charge < -0.3 is 19.7 Å². The van der Waals surface area contributed by atoms with Gasteiger partial charge in [0.15, 0.2) is 11.5 Å². The fourth-order valence-corrected chi connectivity index (χ4v) is 4.53. The van der Waals surface area contributed by atoms with E-state index in [1.54, 1.807) is 31.4 Å². The third-order valence-electron chi connectivity index (χ3n) is 5.86. The molecule has 1 heterocycles. The maximum Gasteiger partial charge on any atom is 0.161 e. The summed E-state index contributed by atoms with van der Waals surface area (Å²) >= 11 is 0. The Hall–Kier alpha value is -2.24. The van der Waals surface area contributed by atoms with Gasteiger partial charge in [0.2, 0.25) is 0 Å². The van der Waals surface area contributed by atoms with E-state index in [1.165, 1.54) is 0 Å². The lowest BCUT2D eigenvalue weighted by atomic mass is 10.0. The molecular formula is C22H27NO4. The molecule has 0 aromatic heterocycles. The Balaban J connectivity index is 1.30. The van der Waals surface area contributed by atoms with Gasteiger partial charge in [-0.1, -0.05) is 24.3 Å². The van der Waals surface area contributed by atoms with E-state index >= 15 is 0 Å². The molecule has 1 saturated heterocycles. The largest absolute Gasteiger partial charge is 0.508 e. The van der Waals surface area contributed by atoms with Gasteiger partial charge in [-0.05, 0) is 54.5 Å². The third kappa shape index (κ3) is 4.04. The Labute approximate surface area is 160 Å². The quantitative estimate of drug-likeness (QED) is 0.819. The molecule has 2 fully saturated rings. The maximum absolute atomic E-state index is 10.5. The van der Waals surface area contributed by atoms with Crippen molar-refractivity contribution in [2.24, 2.45) is 11.8 Å². The van der Waals surface area contributed by atoms with Gasteiger partial charge in [0.25, 0.3) is 0 Å². The van der Waals surface area contributed by atoms with Crippen molar-refractivity contribution in [1.29, 1.82) is 0 Å². The average Bonchev–Trinajstić information content (AvgIpc) is 3.20. The summed E-state index contributed by atoms with van der Waals surface area (Å²) in [5, 5.41) is 19.9. The highest BCUT2D eigenvalue weighted by atomic mass is 16.5. The summed E-state index contributed by atoms with van der Waals surface area (Å²) in [6.45, 7) is 2.65. The molecule has 144 valence electrons. The number of methoxy groups -OCH3 is 1. The van der Waals surface area contributed by atoms with Crippen LogP contribution in [0.1, 0.15) is 24.5 Å². The molecule has 2 N–H and O–H groups in total. The van der Waals surface area contributed by atoms with Gasteiger partial charge in [-0.3, -0.25) is 4.90 Å². The van der Waals surface area contributed by atoms with E-state index in [4.69, 9.17) is 9.47 Å². The van der Waals surface area contributed by atoms with E-state index in [0.29, 0.717) is 18.4 Å². The number of hydrogen-bond donors (Lipinski definition) is 2. The van der Waals surface area contributed by atoms with Crippen LogP contribution in [-0.2, 0) is 0 Å². The van der Waals surface area contributed by atoms with E-state index in [1.807, 2.05) is 24.3 Å². The molecule has 0 radical (unpaired) electrons. The topological polar surface area (TPSA) is 62.2 Å². The molecule has 1 saturated carbocycles. The number of aliphatic hydroxyl groups excluding tert-OH is 1. The first-order valence-corrected chi connectivity index (χ1v) is 9.61. The van der Waals surface area contributed by atoms with Crippen molar-refractivity contribution in [3.8, 4) is 17.2 Å². The fraction of sp³-hybridized carbons (Fsp3) is 0.455. The van der Waals surface area contributed by atoms with E-state index in [0.717, 1.165) is 43.0 Å². The van der Waals surface area contributed by atoms with Gasteiger partial charge in [0, 0.05) is 19.6 Å². The standard InChI is InChI=1S/C22H27NO4/c1-26-21-4-2-3-5-22(21)27-19-10-16-12-23(13-17(16)11-19)14-20(25)15-6-8-18(24)9-7-15/h2-9,16-17,19-20,24-25H,10-14H2,1H3/t16-,17+,19?,20?. The summed E-state index contributed by atoms with van der Waals surface area (Å²) < 4.78 is 11.6. The first kappa shape index (κ1) is 18.1. The Bertz CT molecular complexity index is 749. The SMILES string of the molecule is COc1ccccc1OC1C[C@@H]2CN(CC(O)c3ccc(O)cc3)C[C@@H]2C1. The van der Waals surface area contributed by atoms with Crippen LogP contribution in [0.25, 0.3) is 0 Å². The molecule has 1 aliphatic heterocycles. The molecular weight excluding hydrogens is 342 g/mol. The van der Waals surface area contributed by atoms with Crippen molar-refractivity contribution in [3.05, 3.63) is 54.1 Å². The first-order chi connectivity index (χ1) is 13.1. The van der Waals surface area contributed by atoms with Crippen molar-refractivity contribution < 1.29 is 19.7 Å². The number of phenols is 1. The van der Waals surface area contributed by atoms with Crippen LogP contribution in [-0.4, -0.2) is 48.0 Å². The van der Waals surface area contributed by atoms with Gasteiger partial charge in [-0.2, -0.15) is 0 Å². The van der Waals surface area contributed by atoms with E-state index in [-0.39, 0.29) is 11.9 Å². The number of phenolic OH excluding ortho intramolecular Hbond substituents is 1. The zero-order valence-electron chi connectivity index (χ0n) is 15.6. The minimum absolute atomic E-state index is 0.225. The highest BCUT2D eigenvalue weighted by molar-refractivity contribution is 5.39. The zero-order chi connectivity index (χ0) is 18.8. The minimum Gasteiger partial charge on any atom is -0.508 e. The van der Waals surface area contributed by atoms with Gasteiger partial charge in [-0.25, -0.2) is 0 Å². The second kappa shape index (κ2) is 7.79. The number of fused-ring (bicyclic) bond motifs is 1. The van der Waals surface area contributed by atoms with Crippen LogP contribution in [0.2, 0.25) is 0 Å². The molecule has 0 bridgehead atoms. The minimum atomic E-state index is -0.523. The number of aliphatic hydroxyl groups is 1.